The lowest BCUT2D eigenvalue weighted by Crippen LogP contribution is -2.10. The summed E-state index contributed by atoms with van der Waals surface area (Å²) in [6.45, 7) is 6.28. The van der Waals surface area contributed by atoms with E-state index in [4.69, 9.17) is 14.5 Å². The van der Waals surface area contributed by atoms with E-state index in [0.717, 1.165) is 46.7 Å². The first kappa shape index (κ1) is 22.0. The molecule has 0 amide bonds. The van der Waals surface area contributed by atoms with Gasteiger partial charge in [0, 0.05) is 11.9 Å². The summed E-state index contributed by atoms with van der Waals surface area (Å²) >= 11 is 0. The lowest BCUT2D eigenvalue weighted by atomic mass is 10.0. The van der Waals surface area contributed by atoms with Gasteiger partial charge in [0.15, 0.2) is 0 Å². The third-order valence-corrected chi connectivity index (χ3v) is 6.16. The molecule has 1 aromatic heterocycles. The zero-order valence-corrected chi connectivity index (χ0v) is 19.8. The van der Waals surface area contributed by atoms with Gasteiger partial charge in [0.25, 0.3) is 0 Å². The average Bonchev–Trinajstić information content (AvgIpc) is 3.23. The topological polar surface area (TPSA) is 36.3 Å². The largest absolute Gasteiger partial charge is 0.493 e. The molecule has 5 rings (SSSR count). The van der Waals surface area contributed by atoms with Crippen LogP contribution in [0.15, 0.2) is 91.0 Å². The predicted octanol–water partition coefficient (Wildman–Crippen LogP) is 7.36. The molecular weight excluding hydrogens is 420 g/mol. The molecule has 0 radical (unpaired) electrons. The Kier molecular flexibility index (Phi) is 6.48. The van der Waals surface area contributed by atoms with Gasteiger partial charge in [0.05, 0.1) is 17.6 Å². The number of hydrogen-bond acceptors (Lipinski definition) is 3. The van der Waals surface area contributed by atoms with Gasteiger partial charge in [0.1, 0.15) is 23.9 Å². The Labute approximate surface area is 200 Å². The Bertz CT molecular complexity index is 1400. The van der Waals surface area contributed by atoms with Crippen molar-refractivity contribution in [2.24, 2.45) is 0 Å². The summed E-state index contributed by atoms with van der Waals surface area (Å²) in [5, 5.41) is 2.29. The average molecular weight is 451 g/mol. The van der Waals surface area contributed by atoms with Gasteiger partial charge in [-0.15, -0.1) is 0 Å². The van der Waals surface area contributed by atoms with E-state index in [1.165, 1.54) is 10.9 Å². The van der Waals surface area contributed by atoms with Crippen molar-refractivity contribution in [3.8, 4) is 11.5 Å². The van der Waals surface area contributed by atoms with Crippen molar-refractivity contribution < 1.29 is 9.47 Å². The van der Waals surface area contributed by atoms with Gasteiger partial charge in [-0.1, -0.05) is 80.6 Å². The second-order valence-electron chi connectivity index (χ2n) is 8.83. The molecule has 0 unspecified atom stereocenters. The number of imidazole rings is 1. The van der Waals surface area contributed by atoms with Gasteiger partial charge in [-0.05, 0) is 47.6 Å². The third-order valence-electron chi connectivity index (χ3n) is 6.16. The molecule has 0 aliphatic heterocycles. The molecule has 4 heteroatoms. The SMILES string of the molecule is CC(C)c1ccccc1OCCCn1c(COc2cccc3ccccc23)nc2ccccc21. The summed E-state index contributed by atoms with van der Waals surface area (Å²) in [4.78, 5) is 4.88. The Hall–Kier alpha value is -3.79. The second-order valence-corrected chi connectivity index (χ2v) is 8.83. The summed E-state index contributed by atoms with van der Waals surface area (Å²) in [5.41, 5.74) is 3.37. The minimum absolute atomic E-state index is 0.416. The smallest absolute Gasteiger partial charge is 0.148 e. The number of aromatic nitrogens is 2. The van der Waals surface area contributed by atoms with Crippen LogP contribution in [0.3, 0.4) is 0 Å². The molecule has 0 saturated heterocycles. The molecule has 0 aliphatic rings. The van der Waals surface area contributed by atoms with Crippen molar-refractivity contribution in [3.05, 3.63) is 102 Å². The molecule has 34 heavy (non-hydrogen) atoms. The molecule has 0 fully saturated rings. The van der Waals surface area contributed by atoms with Gasteiger partial charge in [-0.2, -0.15) is 0 Å². The predicted molar refractivity (Wildman–Crippen MR) is 139 cm³/mol. The molecule has 0 saturated carbocycles. The van der Waals surface area contributed by atoms with Crippen molar-refractivity contribution in [2.45, 2.75) is 39.3 Å². The van der Waals surface area contributed by atoms with Crippen LogP contribution in [0.4, 0.5) is 0 Å². The summed E-state index contributed by atoms with van der Waals surface area (Å²) in [5.74, 6) is 3.22. The first-order valence-corrected chi connectivity index (χ1v) is 12.0. The Morgan fingerprint density at radius 3 is 2.41 bits per heavy atom. The first-order valence-electron chi connectivity index (χ1n) is 12.0. The van der Waals surface area contributed by atoms with Gasteiger partial charge < -0.3 is 14.0 Å². The van der Waals surface area contributed by atoms with E-state index in [1.54, 1.807) is 0 Å². The molecule has 0 bridgehead atoms. The fraction of sp³-hybridized carbons (Fsp3) is 0.233. The number of fused-ring (bicyclic) bond motifs is 2. The van der Waals surface area contributed by atoms with Gasteiger partial charge in [-0.25, -0.2) is 4.98 Å². The number of ether oxygens (including phenoxy) is 2. The van der Waals surface area contributed by atoms with E-state index in [-0.39, 0.29) is 0 Å². The highest BCUT2D eigenvalue weighted by Crippen LogP contribution is 2.28. The van der Waals surface area contributed by atoms with E-state index in [0.29, 0.717) is 19.1 Å². The van der Waals surface area contributed by atoms with E-state index in [9.17, 15) is 0 Å². The minimum Gasteiger partial charge on any atom is -0.493 e. The van der Waals surface area contributed by atoms with Crippen molar-refractivity contribution in [1.29, 1.82) is 0 Å². The lowest BCUT2D eigenvalue weighted by Gasteiger charge is -2.15. The standard InChI is InChI=1S/C30H30N2O2/c1-22(2)24-13-5-8-17-28(24)33-20-10-19-32-27-16-7-6-15-26(27)31-30(32)21-34-29-18-9-12-23-11-3-4-14-25(23)29/h3-9,11-18,22H,10,19-21H2,1-2H3. The van der Waals surface area contributed by atoms with Crippen molar-refractivity contribution in [1.82, 2.24) is 9.55 Å². The Balaban J connectivity index is 1.31. The molecule has 0 aliphatic carbocycles. The van der Waals surface area contributed by atoms with Gasteiger partial charge >= 0.3 is 0 Å². The quantitative estimate of drug-likeness (QED) is 0.220. The van der Waals surface area contributed by atoms with Crippen LogP contribution in [0.5, 0.6) is 11.5 Å². The molecule has 5 aromatic rings. The van der Waals surface area contributed by atoms with Gasteiger partial charge in [-0.3, -0.25) is 0 Å². The first-order chi connectivity index (χ1) is 16.7. The summed E-state index contributed by atoms with van der Waals surface area (Å²) in [7, 11) is 0. The second kappa shape index (κ2) is 10.0. The third kappa shape index (κ3) is 4.62. The molecule has 4 nitrogen and oxygen atoms in total. The highest BCUT2D eigenvalue weighted by molar-refractivity contribution is 5.88. The molecule has 0 spiro atoms. The lowest BCUT2D eigenvalue weighted by molar-refractivity contribution is 0.281. The fourth-order valence-electron chi connectivity index (χ4n) is 4.44. The van der Waals surface area contributed by atoms with Crippen LogP contribution in [0, 0.1) is 0 Å². The summed E-state index contributed by atoms with van der Waals surface area (Å²) in [6, 6.07) is 31.0. The summed E-state index contributed by atoms with van der Waals surface area (Å²) in [6.07, 6.45) is 0.883. The van der Waals surface area contributed by atoms with Crippen LogP contribution in [0.1, 0.15) is 37.6 Å². The van der Waals surface area contributed by atoms with E-state index >= 15 is 0 Å². The molecule has 0 atom stereocenters. The fourth-order valence-corrected chi connectivity index (χ4v) is 4.44. The number of benzene rings is 4. The van der Waals surface area contributed by atoms with Crippen LogP contribution in [-0.2, 0) is 13.2 Å². The minimum atomic E-state index is 0.416. The maximum Gasteiger partial charge on any atom is 0.148 e. The highest BCUT2D eigenvalue weighted by Gasteiger charge is 2.12. The number of rotatable bonds is 9. The maximum absolute atomic E-state index is 6.28. The molecule has 0 N–H and O–H groups in total. The molecule has 172 valence electrons. The van der Waals surface area contributed by atoms with Crippen LogP contribution in [0.2, 0.25) is 0 Å². The zero-order chi connectivity index (χ0) is 23.3. The number of aryl methyl sites for hydroxylation is 1. The van der Waals surface area contributed by atoms with Crippen LogP contribution in [-0.4, -0.2) is 16.2 Å². The van der Waals surface area contributed by atoms with Crippen LogP contribution in [0.25, 0.3) is 21.8 Å². The summed E-state index contributed by atoms with van der Waals surface area (Å²) < 4.78 is 14.7. The molecule has 1 heterocycles. The number of hydrogen-bond donors (Lipinski definition) is 0. The van der Waals surface area contributed by atoms with Crippen LogP contribution < -0.4 is 9.47 Å². The van der Waals surface area contributed by atoms with Crippen molar-refractivity contribution in [3.63, 3.8) is 0 Å². The normalized spacial score (nSPS) is 11.4. The molecule has 4 aromatic carbocycles. The van der Waals surface area contributed by atoms with Crippen molar-refractivity contribution >= 4 is 21.8 Å². The van der Waals surface area contributed by atoms with E-state index < -0.39 is 0 Å². The highest BCUT2D eigenvalue weighted by atomic mass is 16.5. The number of para-hydroxylation sites is 3. The van der Waals surface area contributed by atoms with E-state index in [1.807, 2.05) is 36.4 Å². The van der Waals surface area contributed by atoms with Crippen LogP contribution >= 0.6 is 0 Å². The molecular formula is C30H30N2O2. The zero-order valence-electron chi connectivity index (χ0n) is 19.8. The monoisotopic (exact) mass is 450 g/mol. The van der Waals surface area contributed by atoms with Gasteiger partial charge in [0.2, 0.25) is 0 Å². The maximum atomic E-state index is 6.28. The number of nitrogens with zero attached hydrogens (tertiary/aromatic N) is 2. The Morgan fingerprint density at radius 2 is 1.50 bits per heavy atom. The van der Waals surface area contributed by atoms with E-state index in [2.05, 4.69) is 73.0 Å². The Morgan fingerprint density at radius 1 is 0.765 bits per heavy atom. The van der Waals surface area contributed by atoms with Crippen molar-refractivity contribution in [2.75, 3.05) is 6.61 Å².